The zero-order valence-corrected chi connectivity index (χ0v) is 17.8. The van der Waals surface area contributed by atoms with Gasteiger partial charge in [-0.3, -0.25) is 4.52 Å². The van der Waals surface area contributed by atoms with Gasteiger partial charge in [-0.25, -0.2) is 4.57 Å². The molecule has 6 heteroatoms. The summed E-state index contributed by atoms with van der Waals surface area (Å²) in [5.74, 6) is 0.711. The van der Waals surface area contributed by atoms with Gasteiger partial charge in [0, 0.05) is 11.8 Å². The fourth-order valence-electron chi connectivity index (χ4n) is 6.96. The molecule has 152 valence electrons. The van der Waals surface area contributed by atoms with Crippen LogP contribution < -0.4 is 0 Å². The van der Waals surface area contributed by atoms with Gasteiger partial charge in [0.15, 0.2) is 5.79 Å². The highest BCUT2D eigenvalue weighted by molar-refractivity contribution is 7.46. The van der Waals surface area contributed by atoms with E-state index in [1.54, 1.807) is 0 Å². The minimum Gasteiger partial charge on any atom is -0.365 e. The first-order valence-corrected chi connectivity index (χ1v) is 11.8. The lowest BCUT2D eigenvalue weighted by molar-refractivity contribution is -0.281. The molecule has 0 aromatic carbocycles. The monoisotopic (exact) mass is 388 g/mol. The number of aliphatic hydroxyl groups is 1. The third-order valence-corrected chi connectivity index (χ3v) is 9.32. The standard InChI is InChI=1S/C20H37O5P/c1-13-6-7-15-12-17-14(2)8-11-20(21,25-26(22,23)24)19(17,5)10-9-16(13)18(15,3)4/h13-17,21H,6-12H2,1-5H3,(H2,22,23,24)/t13-,14-,15+,16+,17-,19+,20?/m1/s1. The van der Waals surface area contributed by atoms with Gasteiger partial charge in [0.25, 0.3) is 0 Å². The summed E-state index contributed by atoms with van der Waals surface area (Å²) in [5.41, 5.74) is -0.353. The Bertz CT molecular complexity index is 587. The second-order valence-electron chi connectivity index (χ2n) is 10.4. The Labute approximate surface area is 158 Å². The van der Waals surface area contributed by atoms with Gasteiger partial charge in [0.05, 0.1) is 0 Å². The highest BCUT2D eigenvalue weighted by Gasteiger charge is 2.61. The quantitative estimate of drug-likeness (QED) is 0.471. The van der Waals surface area contributed by atoms with E-state index in [-0.39, 0.29) is 11.3 Å². The van der Waals surface area contributed by atoms with Gasteiger partial charge >= 0.3 is 7.82 Å². The zero-order chi connectivity index (χ0) is 19.5. The molecule has 3 saturated carbocycles. The predicted octanol–water partition coefficient (Wildman–Crippen LogP) is 4.71. The third kappa shape index (κ3) is 3.33. The molecule has 0 spiro atoms. The van der Waals surface area contributed by atoms with Crippen LogP contribution >= 0.6 is 7.82 Å². The van der Waals surface area contributed by atoms with Crippen LogP contribution in [0.1, 0.15) is 79.6 Å². The van der Waals surface area contributed by atoms with E-state index in [1.165, 1.54) is 12.8 Å². The second kappa shape index (κ2) is 6.56. The summed E-state index contributed by atoms with van der Waals surface area (Å²) in [6, 6.07) is 0. The topological polar surface area (TPSA) is 87.0 Å². The molecule has 1 unspecified atom stereocenters. The Balaban J connectivity index is 2.01. The lowest BCUT2D eigenvalue weighted by atomic mass is 9.47. The summed E-state index contributed by atoms with van der Waals surface area (Å²) in [7, 11) is -4.76. The summed E-state index contributed by atoms with van der Waals surface area (Å²) in [5, 5.41) is 11.3. The molecule has 0 aliphatic heterocycles. The van der Waals surface area contributed by atoms with Crippen molar-refractivity contribution >= 4 is 7.82 Å². The van der Waals surface area contributed by atoms with Crippen LogP contribution in [0.3, 0.4) is 0 Å². The van der Waals surface area contributed by atoms with Crippen LogP contribution in [0.4, 0.5) is 0 Å². The molecule has 5 nitrogen and oxygen atoms in total. The molecule has 2 bridgehead atoms. The zero-order valence-electron chi connectivity index (χ0n) is 16.9. The molecule has 3 fully saturated rings. The van der Waals surface area contributed by atoms with Crippen molar-refractivity contribution in [3.05, 3.63) is 0 Å². The van der Waals surface area contributed by atoms with Gasteiger partial charge in [-0.05, 0) is 67.1 Å². The number of hydrogen-bond acceptors (Lipinski definition) is 3. The summed E-state index contributed by atoms with van der Waals surface area (Å²) in [6.45, 7) is 11.4. The van der Waals surface area contributed by atoms with Crippen molar-refractivity contribution in [2.24, 2.45) is 40.4 Å². The van der Waals surface area contributed by atoms with Crippen molar-refractivity contribution in [1.82, 2.24) is 0 Å². The fraction of sp³-hybridized carbons (Fsp3) is 1.00. The van der Waals surface area contributed by atoms with E-state index in [0.717, 1.165) is 25.7 Å². The van der Waals surface area contributed by atoms with E-state index >= 15 is 0 Å². The van der Waals surface area contributed by atoms with Crippen molar-refractivity contribution < 1.29 is 24.0 Å². The Hall–Kier alpha value is 0.0700. The molecule has 0 amide bonds. The third-order valence-electron chi connectivity index (χ3n) is 8.78. The minimum absolute atomic E-state index is 0.214. The van der Waals surface area contributed by atoms with Crippen LogP contribution in [0.15, 0.2) is 0 Å². The molecule has 3 aliphatic carbocycles. The van der Waals surface area contributed by atoms with Crippen molar-refractivity contribution in [3.63, 3.8) is 0 Å². The molecule has 0 aromatic heterocycles. The first kappa shape index (κ1) is 20.8. The summed E-state index contributed by atoms with van der Waals surface area (Å²) >= 11 is 0. The maximum absolute atomic E-state index is 11.6. The smallest absolute Gasteiger partial charge is 0.365 e. The number of phosphoric acid groups is 1. The predicted molar refractivity (Wildman–Crippen MR) is 101 cm³/mol. The first-order valence-electron chi connectivity index (χ1n) is 10.3. The van der Waals surface area contributed by atoms with Crippen LogP contribution in [0.2, 0.25) is 0 Å². The maximum Gasteiger partial charge on any atom is 0.472 e. The van der Waals surface area contributed by atoms with Gasteiger partial charge in [0.1, 0.15) is 0 Å². The molecule has 26 heavy (non-hydrogen) atoms. The summed E-state index contributed by atoms with van der Waals surface area (Å²) in [6.07, 6.45) is 6.26. The van der Waals surface area contributed by atoms with E-state index in [9.17, 15) is 19.5 Å². The highest BCUT2D eigenvalue weighted by atomic mass is 31.2. The largest absolute Gasteiger partial charge is 0.472 e. The van der Waals surface area contributed by atoms with Crippen LogP contribution in [0.25, 0.3) is 0 Å². The average molecular weight is 388 g/mol. The molecule has 3 aliphatic rings. The van der Waals surface area contributed by atoms with Gasteiger partial charge in [-0.15, -0.1) is 0 Å². The summed E-state index contributed by atoms with van der Waals surface area (Å²) < 4.78 is 16.7. The molecule has 0 aromatic rings. The van der Waals surface area contributed by atoms with Crippen molar-refractivity contribution in [2.75, 3.05) is 0 Å². The molecular formula is C20H37O5P. The molecule has 3 N–H and O–H groups in total. The Morgan fingerprint density at radius 2 is 1.54 bits per heavy atom. The van der Waals surface area contributed by atoms with E-state index in [0.29, 0.717) is 30.1 Å². The fourth-order valence-corrected chi connectivity index (χ4v) is 7.65. The van der Waals surface area contributed by atoms with Gasteiger partial charge < -0.3 is 14.9 Å². The molecule has 0 saturated heterocycles. The van der Waals surface area contributed by atoms with E-state index < -0.39 is 19.0 Å². The van der Waals surface area contributed by atoms with Crippen LogP contribution in [0.5, 0.6) is 0 Å². The molecule has 3 rings (SSSR count). The van der Waals surface area contributed by atoms with Crippen LogP contribution in [-0.4, -0.2) is 20.7 Å². The van der Waals surface area contributed by atoms with Gasteiger partial charge in [0.2, 0.25) is 0 Å². The molecule has 0 radical (unpaired) electrons. The van der Waals surface area contributed by atoms with E-state index in [2.05, 4.69) is 27.7 Å². The average Bonchev–Trinajstić information content (AvgIpc) is 2.47. The van der Waals surface area contributed by atoms with Crippen molar-refractivity contribution in [2.45, 2.75) is 85.4 Å². The number of fused-ring (bicyclic) bond motifs is 3. The Kier molecular flexibility index (Phi) is 5.24. The van der Waals surface area contributed by atoms with Gasteiger partial charge in [-0.1, -0.05) is 41.0 Å². The van der Waals surface area contributed by atoms with Crippen LogP contribution in [-0.2, 0) is 9.09 Å². The number of hydrogen-bond donors (Lipinski definition) is 3. The summed E-state index contributed by atoms with van der Waals surface area (Å²) in [4.78, 5) is 18.9. The normalized spacial score (nSPS) is 49.0. The van der Waals surface area contributed by atoms with E-state index in [4.69, 9.17) is 4.52 Å². The Morgan fingerprint density at radius 1 is 0.923 bits per heavy atom. The lowest BCUT2D eigenvalue weighted by Gasteiger charge is -2.60. The van der Waals surface area contributed by atoms with Crippen LogP contribution in [0, 0.1) is 40.4 Å². The highest BCUT2D eigenvalue weighted by Crippen LogP contribution is 2.64. The van der Waals surface area contributed by atoms with E-state index in [1.807, 2.05) is 6.92 Å². The maximum atomic E-state index is 11.6. The number of phosphoric ester groups is 1. The number of rotatable bonds is 2. The minimum atomic E-state index is -4.76. The first-order chi connectivity index (χ1) is 11.8. The molecule has 7 atom stereocenters. The second-order valence-corrected chi connectivity index (χ2v) is 11.5. The van der Waals surface area contributed by atoms with Crippen molar-refractivity contribution in [1.29, 1.82) is 0 Å². The lowest BCUT2D eigenvalue weighted by Crippen LogP contribution is -2.59. The SMILES string of the molecule is C[C@@H]1CCC(O)(OP(=O)(O)O)[C@@]2(C)CC[C@H]3[C@H](C)CC[C@@H](C[C@H]12)C3(C)C. The van der Waals surface area contributed by atoms with Crippen molar-refractivity contribution in [3.8, 4) is 0 Å². The Morgan fingerprint density at radius 3 is 2.15 bits per heavy atom. The van der Waals surface area contributed by atoms with Gasteiger partial charge in [-0.2, -0.15) is 0 Å². The molecular weight excluding hydrogens is 351 g/mol. The molecule has 0 heterocycles.